The van der Waals surface area contributed by atoms with Gasteiger partial charge in [-0.1, -0.05) is 30.3 Å². The summed E-state index contributed by atoms with van der Waals surface area (Å²) in [5.41, 5.74) is 0.954. The Bertz CT molecular complexity index is 437. The molecule has 5 nitrogen and oxygen atoms in total. The van der Waals surface area contributed by atoms with Crippen molar-refractivity contribution in [3.05, 3.63) is 35.9 Å². The first kappa shape index (κ1) is 15.8. The zero-order valence-corrected chi connectivity index (χ0v) is 12.1. The van der Waals surface area contributed by atoms with Gasteiger partial charge in [0.1, 0.15) is 6.61 Å². The number of hydrogen-bond donors (Lipinski definition) is 2. The number of aliphatic hydroxyl groups excluding tert-OH is 2. The van der Waals surface area contributed by atoms with Gasteiger partial charge in [-0.3, -0.25) is 0 Å². The van der Waals surface area contributed by atoms with Crippen molar-refractivity contribution in [2.45, 2.75) is 44.4 Å². The molecule has 1 aromatic carbocycles. The molecule has 1 aliphatic rings. The second-order valence-electron chi connectivity index (χ2n) is 5.46. The normalized spacial score (nSPS) is 20.1. The third-order valence-electron chi connectivity index (χ3n) is 3.82. The Morgan fingerprint density at radius 3 is 2.81 bits per heavy atom. The average Bonchev–Trinajstić information content (AvgIpc) is 2.54. The molecule has 0 aliphatic carbocycles. The van der Waals surface area contributed by atoms with E-state index in [1.54, 1.807) is 4.90 Å². The second kappa shape index (κ2) is 8.00. The Labute approximate surface area is 125 Å². The number of aliphatic hydroxyl groups is 2. The quantitative estimate of drug-likeness (QED) is 0.870. The largest absolute Gasteiger partial charge is 0.445 e. The molecule has 21 heavy (non-hydrogen) atoms. The van der Waals surface area contributed by atoms with Crippen LogP contribution in [-0.4, -0.2) is 46.5 Å². The molecule has 5 heteroatoms. The molecule has 0 spiro atoms. The summed E-state index contributed by atoms with van der Waals surface area (Å²) in [6.45, 7) is 0.630. The fraction of sp³-hybridized carbons (Fsp3) is 0.562. The van der Waals surface area contributed by atoms with E-state index in [0.717, 1.165) is 24.8 Å². The predicted octanol–water partition coefficient (Wildman–Crippen LogP) is 1.92. The first-order chi connectivity index (χ1) is 10.2. The number of benzene rings is 1. The lowest BCUT2D eigenvalue weighted by Crippen LogP contribution is -2.45. The van der Waals surface area contributed by atoms with Gasteiger partial charge >= 0.3 is 6.09 Å². The van der Waals surface area contributed by atoms with Gasteiger partial charge in [0.05, 0.1) is 12.7 Å². The van der Waals surface area contributed by atoms with E-state index in [2.05, 4.69) is 0 Å². The molecular weight excluding hydrogens is 270 g/mol. The van der Waals surface area contributed by atoms with Crippen molar-refractivity contribution in [2.24, 2.45) is 0 Å². The van der Waals surface area contributed by atoms with Crippen LogP contribution < -0.4 is 0 Å². The van der Waals surface area contributed by atoms with E-state index in [9.17, 15) is 9.90 Å². The fourth-order valence-electron chi connectivity index (χ4n) is 2.68. The van der Waals surface area contributed by atoms with Crippen molar-refractivity contribution in [1.82, 2.24) is 4.90 Å². The standard InChI is InChI=1S/C16H23NO4/c18-11-15(19)10-14-8-4-5-9-17(14)16(20)21-12-13-6-2-1-3-7-13/h1-3,6-7,14-15,18-19H,4-5,8-12H2/t14-,15-/m0/s1. The number of rotatable bonds is 5. The van der Waals surface area contributed by atoms with Crippen LogP contribution in [0, 0.1) is 0 Å². The summed E-state index contributed by atoms with van der Waals surface area (Å²) >= 11 is 0. The predicted molar refractivity (Wildman–Crippen MR) is 78.7 cm³/mol. The van der Waals surface area contributed by atoms with Crippen molar-refractivity contribution in [3.63, 3.8) is 0 Å². The van der Waals surface area contributed by atoms with Gasteiger partial charge < -0.3 is 19.8 Å². The van der Waals surface area contributed by atoms with Crippen molar-refractivity contribution in [3.8, 4) is 0 Å². The maximum atomic E-state index is 12.2. The topological polar surface area (TPSA) is 70.0 Å². The van der Waals surface area contributed by atoms with E-state index >= 15 is 0 Å². The van der Waals surface area contributed by atoms with Gasteiger partial charge in [-0.15, -0.1) is 0 Å². The van der Waals surface area contributed by atoms with Crippen LogP contribution in [0.4, 0.5) is 4.79 Å². The van der Waals surface area contributed by atoms with Gasteiger partial charge in [-0.2, -0.15) is 0 Å². The number of piperidine rings is 1. The van der Waals surface area contributed by atoms with Crippen LogP contribution in [0.5, 0.6) is 0 Å². The molecule has 1 aliphatic heterocycles. The van der Waals surface area contributed by atoms with Crippen LogP contribution in [0.2, 0.25) is 0 Å². The number of hydrogen-bond acceptors (Lipinski definition) is 4. The highest BCUT2D eigenvalue weighted by Crippen LogP contribution is 2.22. The van der Waals surface area contributed by atoms with E-state index in [4.69, 9.17) is 9.84 Å². The Morgan fingerprint density at radius 2 is 2.10 bits per heavy atom. The van der Waals surface area contributed by atoms with Gasteiger partial charge in [-0.05, 0) is 31.2 Å². The van der Waals surface area contributed by atoms with Crippen LogP contribution in [0.25, 0.3) is 0 Å². The van der Waals surface area contributed by atoms with Crippen LogP contribution in [0.15, 0.2) is 30.3 Å². The van der Waals surface area contributed by atoms with E-state index < -0.39 is 6.10 Å². The molecule has 1 saturated heterocycles. The zero-order chi connectivity index (χ0) is 15.1. The molecule has 1 aromatic rings. The summed E-state index contributed by atoms with van der Waals surface area (Å²) in [5.74, 6) is 0. The number of amides is 1. The Balaban J connectivity index is 1.89. The number of carbonyl (C=O) groups excluding carboxylic acids is 1. The van der Waals surface area contributed by atoms with Gasteiger partial charge in [0.15, 0.2) is 0 Å². The average molecular weight is 293 g/mol. The van der Waals surface area contributed by atoms with Crippen molar-refractivity contribution < 1.29 is 19.7 Å². The minimum Gasteiger partial charge on any atom is -0.445 e. The van der Waals surface area contributed by atoms with Crippen LogP contribution >= 0.6 is 0 Å². The number of likely N-dealkylation sites (tertiary alicyclic amines) is 1. The highest BCUT2D eigenvalue weighted by atomic mass is 16.6. The molecule has 0 bridgehead atoms. The molecule has 1 fully saturated rings. The summed E-state index contributed by atoms with van der Waals surface area (Å²) < 4.78 is 5.36. The summed E-state index contributed by atoms with van der Waals surface area (Å²) in [5, 5.41) is 18.5. The Kier molecular flexibility index (Phi) is 6.02. The molecule has 1 heterocycles. The number of ether oxygens (including phenoxy) is 1. The molecule has 0 unspecified atom stereocenters. The van der Waals surface area contributed by atoms with Crippen LogP contribution in [-0.2, 0) is 11.3 Å². The summed E-state index contributed by atoms with van der Waals surface area (Å²) in [4.78, 5) is 13.9. The summed E-state index contributed by atoms with van der Waals surface area (Å²) in [6, 6.07) is 9.51. The van der Waals surface area contributed by atoms with E-state index in [0.29, 0.717) is 13.0 Å². The third kappa shape index (κ3) is 4.72. The van der Waals surface area contributed by atoms with Crippen molar-refractivity contribution in [1.29, 1.82) is 0 Å². The monoisotopic (exact) mass is 293 g/mol. The lowest BCUT2D eigenvalue weighted by molar-refractivity contribution is 0.0317. The van der Waals surface area contributed by atoms with E-state index in [1.165, 1.54) is 0 Å². The molecule has 1 amide bonds. The van der Waals surface area contributed by atoms with Gasteiger partial charge in [0.25, 0.3) is 0 Å². The molecule has 116 valence electrons. The molecule has 2 atom stereocenters. The molecule has 0 saturated carbocycles. The number of nitrogens with zero attached hydrogens (tertiary/aromatic N) is 1. The molecule has 2 N–H and O–H groups in total. The lowest BCUT2D eigenvalue weighted by Gasteiger charge is -2.35. The highest BCUT2D eigenvalue weighted by Gasteiger charge is 2.29. The summed E-state index contributed by atoms with van der Waals surface area (Å²) in [7, 11) is 0. The first-order valence-electron chi connectivity index (χ1n) is 7.47. The van der Waals surface area contributed by atoms with E-state index in [1.807, 2.05) is 30.3 Å². The molecule has 0 radical (unpaired) electrons. The maximum absolute atomic E-state index is 12.2. The Morgan fingerprint density at radius 1 is 1.33 bits per heavy atom. The minimum absolute atomic E-state index is 0.0517. The molecule has 2 rings (SSSR count). The first-order valence-corrected chi connectivity index (χ1v) is 7.47. The van der Waals surface area contributed by atoms with Gasteiger partial charge in [0, 0.05) is 12.6 Å². The van der Waals surface area contributed by atoms with Gasteiger partial charge in [-0.25, -0.2) is 4.79 Å². The van der Waals surface area contributed by atoms with Crippen molar-refractivity contribution >= 4 is 6.09 Å². The van der Waals surface area contributed by atoms with E-state index in [-0.39, 0.29) is 25.3 Å². The SMILES string of the molecule is O=C(OCc1ccccc1)N1CCCC[C@H]1C[C@H](O)CO. The highest BCUT2D eigenvalue weighted by molar-refractivity contribution is 5.68. The third-order valence-corrected chi connectivity index (χ3v) is 3.82. The molecule has 0 aromatic heterocycles. The molecular formula is C16H23NO4. The second-order valence-corrected chi connectivity index (χ2v) is 5.46. The zero-order valence-electron chi connectivity index (χ0n) is 12.1. The van der Waals surface area contributed by atoms with Crippen LogP contribution in [0.1, 0.15) is 31.2 Å². The smallest absolute Gasteiger partial charge is 0.410 e. The lowest BCUT2D eigenvalue weighted by atomic mass is 9.97. The van der Waals surface area contributed by atoms with Crippen molar-refractivity contribution in [2.75, 3.05) is 13.2 Å². The number of carbonyl (C=O) groups is 1. The summed E-state index contributed by atoms with van der Waals surface area (Å²) in [6.07, 6.45) is 2.11. The Hall–Kier alpha value is -1.59. The maximum Gasteiger partial charge on any atom is 0.410 e. The minimum atomic E-state index is -0.780. The van der Waals surface area contributed by atoms with Gasteiger partial charge in [0.2, 0.25) is 0 Å². The van der Waals surface area contributed by atoms with Crippen LogP contribution in [0.3, 0.4) is 0 Å². The fourth-order valence-corrected chi connectivity index (χ4v) is 2.68.